The number of carbonyl (C=O) groups is 2. The van der Waals surface area contributed by atoms with Gasteiger partial charge in [0, 0.05) is 54.7 Å². The Hall–Kier alpha value is -3.54. The summed E-state index contributed by atoms with van der Waals surface area (Å²) in [6.45, 7) is 3.85. The highest BCUT2D eigenvalue weighted by Crippen LogP contribution is 2.29. The molecule has 0 unspecified atom stereocenters. The number of nitrogens with one attached hydrogen (secondary N) is 2. The van der Waals surface area contributed by atoms with E-state index < -0.39 is 0 Å². The molecule has 0 aliphatic heterocycles. The minimum Gasteiger partial charge on any atom is -0.322 e. The summed E-state index contributed by atoms with van der Waals surface area (Å²) < 4.78 is 0. The van der Waals surface area contributed by atoms with Crippen molar-refractivity contribution in [2.24, 2.45) is 0 Å². The topological polar surface area (TPSA) is 58.2 Å². The third kappa shape index (κ3) is 7.35. The van der Waals surface area contributed by atoms with E-state index in [4.69, 9.17) is 46.4 Å². The Morgan fingerprint density at radius 2 is 0.925 bits per heavy atom. The average molecular weight is 610 g/mol. The highest BCUT2D eigenvalue weighted by molar-refractivity contribution is 6.38. The lowest BCUT2D eigenvalue weighted by Gasteiger charge is -2.12. The number of carbonyl (C=O) groups excluding carboxylic acids is 2. The number of hydrogen-bond donors (Lipinski definition) is 2. The standard InChI is InChI=1S/C32H24Cl4N2O2/c1-19-17-21(9-13-29(19)37-31(39)15-11-23-25(33)5-3-6-26(23)34)22-10-14-30(20(2)18-22)38-32(40)16-12-24-27(35)7-4-8-28(24)36/h3-18H,1-2H3,(H,37,39)(H,38,40)/b15-11+,16-12+. The third-order valence-corrected chi connectivity index (χ3v) is 7.42. The predicted molar refractivity (Wildman–Crippen MR) is 170 cm³/mol. The number of aryl methyl sites for hydroxylation is 2. The molecule has 40 heavy (non-hydrogen) atoms. The van der Waals surface area contributed by atoms with Crippen LogP contribution in [0.2, 0.25) is 20.1 Å². The lowest BCUT2D eigenvalue weighted by atomic mass is 10.00. The van der Waals surface area contributed by atoms with E-state index in [1.165, 1.54) is 12.2 Å². The van der Waals surface area contributed by atoms with Crippen LogP contribution >= 0.6 is 46.4 Å². The van der Waals surface area contributed by atoms with Gasteiger partial charge in [0.2, 0.25) is 11.8 Å². The van der Waals surface area contributed by atoms with Crippen LogP contribution in [0.3, 0.4) is 0 Å². The van der Waals surface area contributed by atoms with Crippen LogP contribution in [0.5, 0.6) is 0 Å². The molecule has 0 saturated carbocycles. The molecule has 0 bridgehead atoms. The van der Waals surface area contributed by atoms with Gasteiger partial charge in [-0.25, -0.2) is 0 Å². The van der Waals surface area contributed by atoms with Crippen LogP contribution in [0.1, 0.15) is 22.3 Å². The molecule has 8 heteroatoms. The van der Waals surface area contributed by atoms with Crippen molar-refractivity contribution in [1.82, 2.24) is 0 Å². The van der Waals surface area contributed by atoms with Crippen LogP contribution in [-0.2, 0) is 9.59 Å². The summed E-state index contributed by atoms with van der Waals surface area (Å²) in [5, 5.41) is 7.65. The lowest BCUT2D eigenvalue weighted by Crippen LogP contribution is -2.09. The van der Waals surface area contributed by atoms with E-state index >= 15 is 0 Å². The molecule has 4 aromatic carbocycles. The van der Waals surface area contributed by atoms with Crippen LogP contribution in [0.15, 0.2) is 84.9 Å². The maximum absolute atomic E-state index is 12.5. The minimum absolute atomic E-state index is 0.298. The van der Waals surface area contributed by atoms with Crippen molar-refractivity contribution in [3.63, 3.8) is 0 Å². The summed E-state index contributed by atoms with van der Waals surface area (Å²) in [4.78, 5) is 25.0. The van der Waals surface area contributed by atoms with Gasteiger partial charge < -0.3 is 10.6 Å². The second-order valence-electron chi connectivity index (χ2n) is 8.98. The van der Waals surface area contributed by atoms with E-state index in [2.05, 4.69) is 10.6 Å². The summed E-state index contributed by atoms with van der Waals surface area (Å²) >= 11 is 24.7. The summed E-state index contributed by atoms with van der Waals surface area (Å²) in [5.41, 5.74) is 6.30. The second kappa shape index (κ2) is 13.2. The molecule has 0 spiro atoms. The highest BCUT2D eigenvalue weighted by Gasteiger charge is 2.09. The van der Waals surface area contributed by atoms with Gasteiger partial charge in [0.25, 0.3) is 0 Å². The first kappa shape index (κ1) is 29.4. The SMILES string of the molecule is Cc1cc(-c2ccc(NC(=O)/C=C/c3c(Cl)cccc3Cl)c(C)c2)ccc1NC(=O)/C=C/c1c(Cl)cccc1Cl. The van der Waals surface area contributed by atoms with Crippen LogP contribution in [0.25, 0.3) is 23.3 Å². The summed E-state index contributed by atoms with van der Waals surface area (Å²) in [7, 11) is 0. The molecule has 4 nitrogen and oxygen atoms in total. The molecular weight excluding hydrogens is 586 g/mol. The first-order chi connectivity index (χ1) is 19.1. The third-order valence-electron chi connectivity index (χ3n) is 6.10. The van der Waals surface area contributed by atoms with Crippen molar-refractivity contribution in [3.8, 4) is 11.1 Å². The summed E-state index contributed by atoms with van der Waals surface area (Å²) in [5.74, 6) is -0.595. The number of benzene rings is 4. The largest absolute Gasteiger partial charge is 0.322 e. The molecule has 0 fully saturated rings. The number of anilines is 2. The minimum atomic E-state index is -0.298. The van der Waals surface area contributed by atoms with E-state index in [0.717, 1.165) is 22.3 Å². The fraction of sp³-hybridized carbons (Fsp3) is 0.0625. The van der Waals surface area contributed by atoms with E-state index in [-0.39, 0.29) is 11.8 Å². The number of halogens is 4. The van der Waals surface area contributed by atoms with Gasteiger partial charge in [0.15, 0.2) is 0 Å². The first-order valence-electron chi connectivity index (χ1n) is 12.2. The Morgan fingerprint density at radius 3 is 1.25 bits per heavy atom. The Balaban J connectivity index is 1.43. The van der Waals surface area contributed by atoms with E-state index in [1.54, 1.807) is 48.6 Å². The zero-order valence-electron chi connectivity index (χ0n) is 21.6. The van der Waals surface area contributed by atoms with Crippen LogP contribution in [-0.4, -0.2) is 11.8 Å². The van der Waals surface area contributed by atoms with Gasteiger partial charge in [-0.05, 0) is 96.8 Å². The van der Waals surface area contributed by atoms with Gasteiger partial charge in [0.1, 0.15) is 0 Å². The van der Waals surface area contributed by atoms with Gasteiger partial charge in [-0.1, -0.05) is 70.7 Å². The molecule has 0 saturated heterocycles. The number of hydrogen-bond acceptors (Lipinski definition) is 2. The molecule has 2 amide bonds. The average Bonchev–Trinajstić information content (AvgIpc) is 2.90. The van der Waals surface area contributed by atoms with Gasteiger partial charge in [-0.3, -0.25) is 9.59 Å². The van der Waals surface area contributed by atoms with Crippen molar-refractivity contribution in [2.75, 3.05) is 10.6 Å². The maximum atomic E-state index is 12.5. The zero-order valence-corrected chi connectivity index (χ0v) is 24.6. The molecule has 0 radical (unpaired) electrons. The molecule has 0 aliphatic rings. The monoisotopic (exact) mass is 608 g/mol. The predicted octanol–water partition coefficient (Wildman–Crippen LogP) is 9.89. The summed E-state index contributed by atoms with van der Waals surface area (Å²) in [6.07, 6.45) is 5.98. The fourth-order valence-corrected chi connectivity index (χ4v) is 5.02. The molecule has 0 aromatic heterocycles. The lowest BCUT2D eigenvalue weighted by molar-refractivity contribution is -0.112. The smallest absolute Gasteiger partial charge is 0.248 e. The highest BCUT2D eigenvalue weighted by atomic mass is 35.5. The quantitative estimate of drug-likeness (QED) is 0.205. The Bertz CT molecular complexity index is 1500. The Labute approximate surface area is 253 Å². The number of amides is 2. The van der Waals surface area contributed by atoms with Crippen molar-refractivity contribution < 1.29 is 9.59 Å². The molecule has 202 valence electrons. The maximum Gasteiger partial charge on any atom is 0.248 e. The molecular formula is C32H24Cl4N2O2. The van der Waals surface area contributed by atoms with Crippen LogP contribution in [0.4, 0.5) is 11.4 Å². The summed E-state index contributed by atoms with van der Waals surface area (Å²) in [6, 6.07) is 21.9. The molecule has 0 aliphatic carbocycles. The molecule has 0 heterocycles. The number of rotatable bonds is 7. The first-order valence-corrected chi connectivity index (χ1v) is 13.7. The van der Waals surface area contributed by atoms with Gasteiger partial charge in [-0.2, -0.15) is 0 Å². The fourth-order valence-electron chi connectivity index (χ4n) is 3.97. The van der Waals surface area contributed by atoms with Gasteiger partial charge in [-0.15, -0.1) is 0 Å². The molecule has 0 atom stereocenters. The van der Waals surface area contributed by atoms with E-state index in [1.807, 2.05) is 50.2 Å². The normalized spacial score (nSPS) is 11.2. The molecule has 4 rings (SSSR count). The zero-order chi connectivity index (χ0) is 28.8. The molecule has 4 aromatic rings. The van der Waals surface area contributed by atoms with Gasteiger partial charge >= 0.3 is 0 Å². The van der Waals surface area contributed by atoms with Crippen molar-refractivity contribution in [3.05, 3.63) is 127 Å². The van der Waals surface area contributed by atoms with Crippen molar-refractivity contribution >= 4 is 81.7 Å². The van der Waals surface area contributed by atoms with Crippen molar-refractivity contribution in [1.29, 1.82) is 0 Å². The van der Waals surface area contributed by atoms with E-state index in [9.17, 15) is 9.59 Å². The van der Waals surface area contributed by atoms with Crippen LogP contribution < -0.4 is 10.6 Å². The van der Waals surface area contributed by atoms with E-state index in [0.29, 0.717) is 42.6 Å². The van der Waals surface area contributed by atoms with Crippen molar-refractivity contribution in [2.45, 2.75) is 13.8 Å². The Morgan fingerprint density at radius 1 is 0.575 bits per heavy atom. The van der Waals surface area contributed by atoms with Gasteiger partial charge in [0.05, 0.1) is 0 Å². The second-order valence-corrected chi connectivity index (χ2v) is 10.6. The van der Waals surface area contributed by atoms with Crippen LogP contribution in [0, 0.1) is 13.8 Å². The Kier molecular flexibility index (Phi) is 9.72. The molecule has 2 N–H and O–H groups in total.